The predicted octanol–water partition coefficient (Wildman–Crippen LogP) is -0.143. The fourth-order valence-electron chi connectivity index (χ4n) is 1.07. The average Bonchev–Trinajstić information content (AvgIpc) is 2.00. The second-order valence-corrected chi connectivity index (χ2v) is 6.17. The molecule has 0 aliphatic carbocycles. The molecule has 90 valence electrons. The van der Waals surface area contributed by atoms with Crippen molar-refractivity contribution in [1.82, 2.24) is 4.90 Å². The van der Waals surface area contributed by atoms with Crippen LogP contribution in [0.4, 0.5) is 0 Å². The van der Waals surface area contributed by atoms with Gasteiger partial charge in [-0.1, -0.05) is 0 Å². The molecular formula is C11H27N3O+2. The molecule has 0 fully saturated rings. The molecule has 0 heterocycles. The van der Waals surface area contributed by atoms with Crippen LogP contribution in [0.1, 0.15) is 0 Å². The van der Waals surface area contributed by atoms with Crippen LogP contribution in [0.5, 0.6) is 0 Å². The number of rotatable bonds is 7. The van der Waals surface area contributed by atoms with Gasteiger partial charge in [0, 0.05) is 0 Å². The summed E-state index contributed by atoms with van der Waals surface area (Å²) in [4.78, 5) is 12.7. The number of quaternary nitrogens is 2. The number of hydrogen-bond acceptors (Lipinski definition) is 1. The van der Waals surface area contributed by atoms with Crippen LogP contribution in [0.2, 0.25) is 0 Å². The first-order valence-electron chi connectivity index (χ1n) is 5.44. The van der Waals surface area contributed by atoms with E-state index in [4.69, 9.17) is 0 Å². The van der Waals surface area contributed by atoms with Gasteiger partial charge in [-0.15, -0.1) is 0 Å². The lowest BCUT2D eigenvalue weighted by Gasteiger charge is -2.29. The number of hydrogen-bond donors (Lipinski definition) is 0. The lowest BCUT2D eigenvalue weighted by molar-refractivity contribution is -0.872. The second-order valence-electron chi connectivity index (χ2n) is 6.17. The molecule has 4 nitrogen and oxygen atoms in total. The summed E-state index contributed by atoms with van der Waals surface area (Å²) in [6.07, 6.45) is 0.964. The second kappa shape index (κ2) is 5.47. The number of amides is 1. The van der Waals surface area contributed by atoms with Crippen LogP contribution in [0, 0.1) is 0 Å². The minimum absolute atomic E-state index is 0.840. The van der Waals surface area contributed by atoms with E-state index in [9.17, 15) is 4.79 Å². The van der Waals surface area contributed by atoms with Crippen molar-refractivity contribution in [2.45, 2.75) is 0 Å². The van der Waals surface area contributed by atoms with Gasteiger partial charge in [0.2, 0.25) is 6.41 Å². The number of carbonyl (C=O) groups excluding carboxylic acids is 1. The molecular weight excluding hydrogens is 190 g/mol. The zero-order chi connectivity index (χ0) is 12.1. The summed E-state index contributed by atoms with van der Waals surface area (Å²) >= 11 is 0. The molecule has 0 aromatic rings. The van der Waals surface area contributed by atoms with E-state index in [0.29, 0.717) is 0 Å². The average molecular weight is 217 g/mol. The molecule has 1 amide bonds. The van der Waals surface area contributed by atoms with Crippen LogP contribution >= 0.6 is 0 Å². The van der Waals surface area contributed by atoms with E-state index in [0.717, 1.165) is 41.6 Å². The van der Waals surface area contributed by atoms with E-state index in [1.165, 1.54) is 0 Å². The Morgan fingerprint density at radius 1 is 0.867 bits per heavy atom. The molecule has 0 rings (SSSR count). The Balaban J connectivity index is 3.89. The maximum atomic E-state index is 10.9. The van der Waals surface area contributed by atoms with Gasteiger partial charge >= 0.3 is 0 Å². The van der Waals surface area contributed by atoms with Gasteiger partial charge in [-0.25, -0.2) is 0 Å². The molecule has 0 radical (unpaired) electrons. The highest BCUT2D eigenvalue weighted by molar-refractivity contribution is 5.46. The lowest BCUT2D eigenvalue weighted by Crippen LogP contribution is -2.45. The highest BCUT2D eigenvalue weighted by atomic mass is 16.1. The maximum absolute atomic E-state index is 10.9. The van der Waals surface area contributed by atoms with Gasteiger partial charge in [0.15, 0.2) is 0 Å². The van der Waals surface area contributed by atoms with Gasteiger partial charge in [0.25, 0.3) is 0 Å². The minimum Gasteiger partial charge on any atom is -0.334 e. The van der Waals surface area contributed by atoms with E-state index < -0.39 is 0 Å². The van der Waals surface area contributed by atoms with Gasteiger partial charge in [0.05, 0.1) is 68.5 Å². The monoisotopic (exact) mass is 217 g/mol. The largest absolute Gasteiger partial charge is 0.334 e. The molecule has 0 saturated heterocycles. The molecule has 0 unspecified atom stereocenters. The summed E-state index contributed by atoms with van der Waals surface area (Å²) in [5.41, 5.74) is 0. The number of nitrogens with zero attached hydrogens (tertiary/aromatic N) is 3. The van der Waals surface area contributed by atoms with Crippen molar-refractivity contribution in [3.63, 3.8) is 0 Å². The Bertz CT molecular complexity index is 173. The first kappa shape index (κ1) is 14.4. The number of likely N-dealkylation sites (N-methyl/N-ethyl adjacent to an activating group) is 2. The van der Waals surface area contributed by atoms with Crippen LogP contribution in [-0.4, -0.2) is 88.7 Å². The molecule has 0 aromatic heterocycles. The topological polar surface area (TPSA) is 20.3 Å². The first-order chi connectivity index (χ1) is 6.64. The molecule has 4 heteroatoms. The molecule has 0 aromatic carbocycles. The summed E-state index contributed by atoms with van der Waals surface area (Å²) in [6, 6.07) is 0. The summed E-state index contributed by atoms with van der Waals surface area (Å²) in [7, 11) is 12.9. The quantitative estimate of drug-likeness (QED) is 0.429. The Morgan fingerprint density at radius 2 is 1.20 bits per heavy atom. The first-order valence-corrected chi connectivity index (χ1v) is 5.44. The molecule has 0 bridgehead atoms. The Hall–Kier alpha value is -0.610. The third-order valence-corrected chi connectivity index (χ3v) is 2.27. The van der Waals surface area contributed by atoms with Crippen molar-refractivity contribution >= 4 is 6.41 Å². The Kier molecular flexibility index (Phi) is 5.24. The molecule has 0 atom stereocenters. The fourth-order valence-corrected chi connectivity index (χ4v) is 1.07. The molecule has 0 spiro atoms. The van der Waals surface area contributed by atoms with Gasteiger partial charge in [-0.3, -0.25) is 4.79 Å². The van der Waals surface area contributed by atoms with Crippen molar-refractivity contribution in [2.24, 2.45) is 0 Å². The molecule has 0 N–H and O–H groups in total. The van der Waals surface area contributed by atoms with E-state index in [1.807, 2.05) is 4.90 Å². The molecule has 15 heavy (non-hydrogen) atoms. The van der Waals surface area contributed by atoms with Gasteiger partial charge < -0.3 is 13.9 Å². The molecule has 0 aliphatic heterocycles. The summed E-state index contributed by atoms with van der Waals surface area (Å²) in [5.74, 6) is 0. The van der Waals surface area contributed by atoms with Crippen molar-refractivity contribution in [3.8, 4) is 0 Å². The van der Waals surface area contributed by atoms with Gasteiger partial charge in [-0.2, -0.15) is 0 Å². The Labute approximate surface area is 94.2 Å². The van der Waals surface area contributed by atoms with Crippen LogP contribution in [0.3, 0.4) is 0 Å². The third kappa shape index (κ3) is 9.69. The highest BCUT2D eigenvalue weighted by Gasteiger charge is 2.13. The zero-order valence-corrected chi connectivity index (χ0v) is 11.2. The van der Waals surface area contributed by atoms with Crippen molar-refractivity contribution < 1.29 is 13.8 Å². The summed E-state index contributed by atoms with van der Waals surface area (Å²) in [6.45, 7) is 3.67. The predicted molar refractivity (Wildman–Crippen MR) is 63.4 cm³/mol. The number of carbonyl (C=O) groups is 1. The van der Waals surface area contributed by atoms with Crippen LogP contribution in [-0.2, 0) is 4.79 Å². The zero-order valence-electron chi connectivity index (χ0n) is 11.2. The Morgan fingerprint density at radius 3 is 1.40 bits per heavy atom. The van der Waals surface area contributed by atoms with Gasteiger partial charge in [-0.05, 0) is 0 Å². The SMILES string of the molecule is C[N+](C)(C)CCN(C=O)CC[N+](C)(C)C. The van der Waals surface area contributed by atoms with Crippen LogP contribution in [0.15, 0.2) is 0 Å². The van der Waals surface area contributed by atoms with Crippen LogP contribution in [0.25, 0.3) is 0 Å². The van der Waals surface area contributed by atoms with E-state index in [1.54, 1.807) is 0 Å². The van der Waals surface area contributed by atoms with Crippen molar-refractivity contribution in [3.05, 3.63) is 0 Å². The molecule has 0 saturated carbocycles. The third-order valence-electron chi connectivity index (χ3n) is 2.27. The van der Waals surface area contributed by atoms with E-state index >= 15 is 0 Å². The van der Waals surface area contributed by atoms with Gasteiger partial charge in [0.1, 0.15) is 0 Å². The summed E-state index contributed by atoms with van der Waals surface area (Å²) in [5, 5.41) is 0. The highest BCUT2D eigenvalue weighted by Crippen LogP contribution is 1.95. The lowest BCUT2D eigenvalue weighted by atomic mass is 10.4. The smallest absolute Gasteiger partial charge is 0.210 e. The van der Waals surface area contributed by atoms with Crippen molar-refractivity contribution in [1.29, 1.82) is 0 Å². The standard InChI is InChI=1S/C11H27N3O/c1-13(2,3)9-7-12(11-15)8-10-14(4,5)6/h11H,7-10H2,1-6H3/q+2. The van der Waals surface area contributed by atoms with Crippen LogP contribution < -0.4 is 0 Å². The molecule has 0 aliphatic rings. The fraction of sp³-hybridized carbons (Fsp3) is 0.909. The van der Waals surface area contributed by atoms with E-state index in [2.05, 4.69) is 42.3 Å². The van der Waals surface area contributed by atoms with E-state index in [-0.39, 0.29) is 0 Å². The normalized spacial score (nSPS) is 12.7. The maximum Gasteiger partial charge on any atom is 0.210 e. The van der Waals surface area contributed by atoms with Crippen molar-refractivity contribution in [2.75, 3.05) is 68.5 Å². The minimum atomic E-state index is 0.840. The summed E-state index contributed by atoms with van der Waals surface area (Å²) < 4.78 is 1.80.